The van der Waals surface area contributed by atoms with Gasteiger partial charge in [0.2, 0.25) is 11.8 Å². The third kappa shape index (κ3) is 5.73. The summed E-state index contributed by atoms with van der Waals surface area (Å²) in [6, 6.07) is 14.9. The van der Waals surface area contributed by atoms with Crippen molar-refractivity contribution in [1.82, 2.24) is 5.32 Å². The lowest BCUT2D eigenvalue weighted by atomic mass is 9.90. The summed E-state index contributed by atoms with van der Waals surface area (Å²) in [6.45, 7) is 8.26. The van der Waals surface area contributed by atoms with Gasteiger partial charge in [0.15, 0.2) is 0 Å². The number of carbonyl (C=O) groups is 2. The highest BCUT2D eigenvalue weighted by Crippen LogP contribution is 2.25. The van der Waals surface area contributed by atoms with Crippen LogP contribution in [0.5, 0.6) is 11.5 Å². The molecule has 0 saturated carbocycles. The van der Waals surface area contributed by atoms with Crippen molar-refractivity contribution >= 4 is 17.5 Å². The van der Waals surface area contributed by atoms with Gasteiger partial charge in [-0.15, -0.1) is 0 Å². The average molecular weight is 399 g/mol. The van der Waals surface area contributed by atoms with E-state index in [1.165, 1.54) is 0 Å². The molecule has 2 rings (SSSR count). The summed E-state index contributed by atoms with van der Waals surface area (Å²) in [5, 5.41) is 2.80. The van der Waals surface area contributed by atoms with Crippen LogP contribution in [0.1, 0.15) is 26.3 Å². The van der Waals surface area contributed by atoms with Crippen molar-refractivity contribution in [2.75, 3.05) is 31.7 Å². The zero-order valence-corrected chi connectivity index (χ0v) is 17.8. The van der Waals surface area contributed by atoms with Crippen molar-refractivity contribution < 1.29 is 19.1 Å². The first-order chi connectivity index (χ1) is 13.8. The predicted molar refractivity (Wildman–Crippen MR) is 114 cm³/mol. The first-order valence-corrected chi connectivity index (χ1v) is 9.73. The number of rotatable bonds is 9. The zero-order valence-electron chi connectivity index (χ0n) is 17.8. The van der Waals surface area contributed by atoms with Gasteiger partial charge in [0.25, 0.3) is 0 Å². The Balaban J connectivity index is 1.92. The molecule has 0 aliphatic carbocycles. The van der Waals surface area contributed by atoms with Crippen molar-refractivity contribution in [1.29, 1.82) is 0 Å². The second-order valence-corrected chi connectivity index (χ2v) is 7.29. The Hall–Kier alpha value is -3.02. The minimum absolute atomic E-state index is 0.237. The van der Waals surface area contributed by atoms with Crippen LogP contribution in [0.2, 0.25) is 0 Å². The summed E-state index contributed by atoms with van der Waals surface area (Å²) in [5.41, 5.74) is 0.660. The summed E-state index contributed by atoms with van der Waals surface area (Å²) >= 11 is 0. The maximum Gasteiger partial charge on any atom is 0.242 e. The molecule has 6 nitrogen and oxygen atoms in total. The van der Waals surface area contributed by atoms with Crippen LogP contribution in [-0.4, -0.2) is 38.6 Å². The number of aryl methyl sites for hydroxylation is 1. The van der Waals surface area contributed by atoms with Crippen molar-refractivity contribution in [3.8, 4) is 11.5 Å². The fourth-order valence-corrected chi connectivity index (χ4v) is 2.90. The van der Waals surface area contributed by atoms with Crippen LogP contribution in [0.15, 0.2) is 48.5 Å². The summed E-state index contributed by atoms with van der Waals surface area (Å²) < 4.78 is 10.7. The van der Waals surface area contributed by atoms with Gasteiger partial charge in [-0.2, -0.15) is 0 Å². The van der Waals surface area contributed by atoms with Crippen LogP contribution in [-0.2, 0) is 9.59 Å². The highest BCUT2D eigenvalue weighted by atomic mass is 16.5. The highest BCUT2D eigenvalue weighted by Gasteiger charge is 2.39. The second-order valence-electron chi connectivity index (χ2n) is 7.29. The maximum absolute atomic E-state index is 13.1. The second kappa shape index (κ2) is 9.96. The Morgan fingerprint density at radius 1 is 1.07 bits per heavy atom. The molecule has 156 valence electrons. The number of anilines is 1. The van der Waals surface area contributed by atoms with E-state index in [9.17, 15) is 9.59 Å². The van der Waals surface area contributed by atoms with E-state index in [0.717, 1.165) is 17.0 Å². The monoisotopic (exact) mass is 398 g/mol. The van der Waals surface area contributed by atoms with E-state index in [2.05, 4.69) is 5.32 Å². The topological polar surface area (TPSA) is 67.9 Å². The van der Waals surface area contributed by atoms with Gasteiger partial charge in [0.1, 0.15) is 23.5 Å². The minimum Gasteiger partial charge on any atom is -0.497 e. The number of amides is 2. The molecule has 0 aromatic heterocycles. The van der Waals surface area contributed by atoms with Crippen LogP contribution in [0.25, 0.3) is 0 Å². The minimum atomic E-state index is -1.19. The Morgan fingerprint density at radius 2 is 1.72 bits per heavy atom. The molecule has 0 aliphatic rings. The normalized spacial score (nSPS) is 10.9. The van der Waals surface area contributed by atoms with E-state index in [0.29, 0.717) is 25.4 Å². The smallest absolute Gasteiger partial charge is 0.242 e. The fraction of sp³-hybridized carbons (Fsp3) is 0.391. The van der Waals surface area contributed by atoms with Crippen LogP contribution in [0.3, 0.4) is 0 Å². The highest BCUT2D eigenvalue weighted by molar-refractivity contribution is 6.11. The van der Waals surface area contributed by atoms with E-state index < -0.39 is 5.41 Å². The van der Waals surface area contributed by atoms with Gasteiger partial charge in [-0.05, 0) is 69.7 Å². The van der Waals surface area contributed by atoms with E-state index >= 15 is 0 Å². The molecule has 29 heavy (non-hydrogen) atoms. The lowest BCUT2D eigenvalue weighted by Gasteiger charge is -2.30. The largest absolute Gasteiger partial charge is 0.497 e. The number of hydrogen-bond donors (Lipinski definition) is 1. The number of nitrogens with zero attached hydrogens (tertiary/aromatic N) is 1. The molecule has 0 spiro atoms. The molecule has 1 N–H and O–H groups in total. The summed E-state index contributed by atoms with van der Waals surface area (Å²) in [7, 11) is 1.60. The van der Waals surface area contributed by atoms with Gasteiger partial charge in [0, 0.05) is 12.2 Å². The third-order valence-electron chi connectivity index (χ3n) is 4.69. The Kier molecular flexibility index (Phi) is 7.65. The van der Waals surface area contributed by atoms with Gasteiger partial charge >= 0.3 is 0 Å². The quantitative estimate of drug-likeness (QED) is 0.518. The van der Waals surface area contributed by atoms with Crippen molar-refractivity contribution in [3.05, 3.63) is 54.1 Å². The van der Waals surface area contributed by atoms with Crippen molar-refractivity contribution in [3.63, 3.8) is 0 Å². The van der Waals surface area contributed by atoms with E-state index in [-0.39, 0.29) is 11.8 Å². The van der Waals surface area contributed by atoms with Crippen molar-refractivity contribution in [2.45, 2.75) is 27.7 Å². The molecule has 0 heterocycles. The van der Waals surface area contributed by atoms with E-state index in [4.69, 9.17) is 9.47 Å². The Bertz CT molecular complexity index is 831. The molecule has 0 atom stereocenters. The van der Waals surface area contributed by atoms with Crippen molar-refractivity contribution in [2.24, 2.45) is 5.41 Å². The zero-order chi connectivity index (χ0) is 21.4. The van der Waals surface area contributed by atoms with Gasteiger partial charge in [-0.25, -0.2) is 0 Å². The Labute approximate surface area is 172 Å². The van der Waals surface area contributed by atoms with E-state index in [1.807, 2.05) is 38.1 Å². The van der Waals surface area contributed by atoms with Crippen LogP contribution in [0.4, 0.5) is 5.69 Å². The van der Waals surface area contributed by atoms with Crippen LogP contribution >= 0.6 is 0 Å². The standard InChI is InChI=1S/C23H30N2O4/c1-6-25(18-9-7-8-17(2)16-18)22(27)23(3,4)21(26)24-14-15-29-20-12-10-19(28-5)11-13-20/h7-13,16H,6,14-15H2,1-5H3,(H,24,26). The molecule has 0 bridgehead atoms. The number of carbonyl (C=O) groups excluding carboxylic acids is 2. The molecule has 2 amide bonds. The number of methoxy groups -OCH3 is 1. The summed E-state index contributed by atoms with van der Waals surface area (Å²) in [5.74, 6) is 0.873. The molecule has 0 aliphatic heterocycles. The van der Waals surface area contributed by atoms with Gasteiger partial charge in [-0.1, -0.05) is 12.1 Å². The number of hydrogen-bond acceptors (Lipinski definition) is 4. The molecular weight excluding hydrogens is 368 g/mol. The number of nitrogens with one attached hydrogen (secondary N) is 1. The molecule has 2 aromatic carbocycles. The average Bonchev–Trinajstić information content (AvgIpc) is 2.72. The van der Waals surface area contributed by atoms with E-state index in [1.54, 1.807) is 50.1 Å². The summed E-state index contributed by atoms with van der Waals surface area (Å²) in [4.78, 5) is 27.4. The van der Waals surface area contributed by atoms with Gasteiger partial charge < -0.3 is 19.7 Å². The first-order valence-electron chi connectivity index (χ1n) is 9.73. The molecule has 0 radical (unpaired) electrons. The summed E-state index contributed by atoms with van der Waals surface area (Å²) in [6.07, 6.45) is 0. The lowest BCUT2D eigenvalue weighted by molar-refractivity contribution is -0.139. The molecule has 0 unspecified atom stereocenters. The van der Waals surface area contributed by atoms with Gasteiger partial charge in [-0.3, -0.25) is 9.59 Å². The van der Waals surface area contributed by atoms with Gasteiger partial charge in [0.05, 0.1) is 13.7 Å². The Morgan fingerprint density at radius 3 is 2.31 bits per heavy atom. The molecule has 2 aromatic rings. The molecule has 6 heteroatoms. The van der Waals surface area contributed by atoms with Crippen LogP contribution < -0.4 is 19.7 Å². The fourth-order valence-electron chi connectivity index (χ4n) is 2.90. The predicted octanol–water partition coefficient (Wildman–Crippen LogP) is 3.58. The number of ether oxygens (including phenoxy) is 2. The SMILES string of the molecule is CCN(C(=O)C(C)(C)C(=O)NCCOc1ccc(OC)cc1)c1cccc(C)c1. The lowest BCUT2D eigenvalue weighted by Crippen LogP contribution is -2.50. The molecular formula is C23H30N2O4. The molecule has 0 saturated heterocycles. The maximum atomic E-state index is 13.1. The molecule has 0 fully saturated rings. The third-order valence-corrected chi connectivity index (χ3v) is 4.69. The first kappa shape index (κ1) is 22.3. The number of benzene rings is 2. The van der Waals surface area contributed by atoms with Crippen LogP contribution in [0, 0.1) is 12.3 Å².